The number of amides is 1. The van der Waals surface area contributed by atoms with Gasteiger partial charge < -0.3 is 5.32 Å². The minimum Gasteiger partial charge on any atom is -0.351 e. The first-order chi connectivity index (χ1) is 9.29. The van der Waals surface area contributed by atoms with Crippen LogP contribution in [0, 0.1) is 5.41 Å². The van der Waals surface area contributed by atoms with Crippen molar-refractivity contribution in [2.45, 2.75) is 52.9 Å². The summed E-state index contributed by atoms with van der Waals surface area (Å²) in [5.41, 5.74) is 0.542. The van der Waals surface area contributed by atoms with Crippen molar-refractivity contribution in [3.8, 4) is 0 Å². The highest BCUT2D eigenvalue weighted by molar-refractivity contribution is 7.08. The molecule has 1 heterocycles. The zero-order valence-corrected chi connectivity index (χ0v) is 14.5. The van der Waals surface area contributed by atoms with E-state index >= 15 is 0 Å². The molecule has 0 radical (unpaired) electrons. The third kappa shape index (κ3) is 3.92. The predicted molar refractivity (Wildman–Crippen MR) is 84.7 cm³/mol. The van der Waals surface area contributed by atoms with Crippen LogP contribution in [0.1, 0.15) is 62.8 Å². The summed E-state index contributed by atoms with van der Waals surface area (Å²) in [5, 5.41) is 7.09. The molecular formula is C14H24ClN3OS. The quantitative estimate of drug-likeness (QED) is 0.815. The normalized spacial score (nSPS) is 12.5. The number of aromatic nitrogens is 2. The van der Waals surface area contributed by atoms with Gasteiger partial charge in [-0.1, -0.05) is 39.1 Å². The van der Waals surface area contributed by atoms with E-state index in [4.69, 9.17) is 11.6 Å². The van der Waals surface area contributed by atoms with Gasteiger partial charge in [0.05, 0.1) is 5.69 Å². The van der Waals surface area contributed by atoms with E-state index in [1.165, 1.54) is 0 Å². The van der Waals surface area contributed by atoms with Gasteiger partial charge in [-0.2, -0.15) is 0 Å². The van der Waals surface area contributed by atoms with Gasteiger partial charge in [-0.25, -0.2) is 0 Å². The van der Waals surface area contributed by atoms with Crippen molar-refractivity contribution in [1.82, 2.24) is 14.9 Å². The average molecular weight is 318 g/mol. The Morgan fingerprint density at radius 3 is 2.35 bits per heavy atom. The van der Waals surface area contributed by atoms with E-state index in [2.05, 4.69) is 28.8 Å². The van der Waals surface area contributed by atoms with Gasteiger partial charge in [0.25, 0.3) is 5.91 Å². The standard InChI is InChI=1S/C14H24ClN3OS/c1-6-14(7-2,8-15)9-16-12(19)10-11(13(3,4)5)17-18-20-10/h6-9H2,1-5H3,(H,16,19). The highest BCUT2D eigenvalue weighted by Crippen LogP contribution is 2.28. The molecular weight excluding hydrogens is 294 g/mol. The highest BCUT2D eigenvalue weighted by Gasteiger charge is 2.29. The molecule has 0 aliphatic heterocycles. The summed E-state index contributed by atoms with van der Waals surface area (Å²) in [7, 11) is 0. The molecule has 20 heavy (non-hydrogen) atoms. The number of alkyl halides is 1. The molecule has 0 bridgehead atoms. The first kappa shape index (κ1) is 17.4. The lowest BCUT2D eigenvalue weighted by Gasteiger charge is -2.29. The fourth-order valence-electron chi connectivity index (χ4n) is 1.91. The fourth-order valence-corrected chi connectivity index (χ4v) is 3.18. The maximum atomic E-state index is 12.3. The largest absolute Gasteiger partial charge is 0.351 e. The van der Waals surface area contributed by atoms with Gasteiger partial charge >= 0.3 is 0 Å². The molecule has 1 N–H and O–H groups in total. The summed E-state index contributed by atoms with van der Waals surface area (Å²) >= 11 is 7.22. The van der Waals surface area contributed by atoms with Crippen LogP contribution < -0.4 is 5.32 Å². The molecule has 1 aromatic rings. The van der Waals surface area contributed by atoms with Crippen molar-refractivity contribution in [3.05, 3.63) is 10.6 Å². The van der Waals surface area contributed by atoms with Crippen LogP contribution in [0.4, 0.5) is 0 Å². The van der Waals surface area contributed by atoms with Crippen molar-refractivity contribution in [1.29, 1.82) is 0 Å². The zero-order chi connectivity index (χ0) is 15.4. The predicted octanol–water partition coefficient (Wildman–Crippen LogP) is 3.61. The molecule has 114 valence electrons. The van der Waals surface area contributed by atoms with Crippen LogP contribution in [0.5, 0.6) is 0 Å². The van der Waals surface area contributed by atoms with Crippen molar-refractivity contribution in [2.24, 2.45) is 5.41 Å². The minimum absolute atomic E-state index is 0.0305. The van der Waals surface area contributed by atoms with Gasteiger partial charge in [0.15, 0.2) is 0 Å². The number of nitrogens with zero attached hydrogens (tertiary/aromatic N) is 2. The Bertz CT molecular complexity index is 441. The summed E-state index contributed by atoms with van der Waals surface area (Å²) in [4.78, 5) is 12.9. The Morgan fingerprint density at radius 1 is 1.30 bits per heavy atom. The van der Waals surface area contributed by atoms with Gasteiger partial charge in [0.2, 0.25) is 0 Å². The Kier molecular flexibility index (Phi) is 5.95. The van der Waals surface area contributed by atoms with E-state index in [0.29, 0.717) is 17.3 Å². The smallest absolute Gasteiger partial charge is 0.264 e. The number of halogens is 1. The van der Waals surface area contributed by atoms with Crippen molar-refractivity contribution in [2.75, 3.05) is 12.4 Å². The topological polar surface area (TPSA) is 54.9 Å². The van der Waals surface area contributed by atoms with E-state index in [1.807, 2.05) is 20.8 Å². The molecule has 1 aromatic heterocycles. The molecule has 0 aliphatic carbocycles. The van der Waals surface area contributed by atoms with Crippen LogP contribution in [0.25, 0.3) is 0 Å². The number of carbonyl (C=O) groups is 1. The number of hydrogen-bond acceptors (Lipinski definition) is 4. The first-order valence-corrected chi connectivity index (χ1v) is 8.27. The third-order valence-electron chi connectivity index (χ3n) is 3.81. The molecule has 1 amide bonds. The SMILES string of the molecule is CCC(CC)(CCl)CNC(=O)c1snnc1C(C)(C)C. The van der Waals surface area contributed by atoms with Crippen molar-refractivity contribution >= 4 is 29.0 Å². The van der Waals surface area contributed by atoms with Crippen molar-refractivity contribution < 1.29 is 4.79 Å². The second-order valence-corrected chi connectivity index (χ2v) is 7.25. The van der Waals surface area contributed by atoms with E-state index < -0.39 is 0 Å². The first-order valence-electron chi connectivity index (χ1n) is 6.96. The van der Waals surface area contributed by atoms with Crippen molar-refractivity contribution in [3.63, 3.8) is 0 Å². The molecule has 6 heteroatoms. The maximum Gasteiger partial charge on any atom is 0.264 e. The Hall–Kier alpha value is -0.680. The molecule has 0 aromatic carbocycles. The molecule has 0 aliphatic rings. The van der Waals surface area contributed by atoms with Crippen LogP contribution in [0.15, 0.2) is 0 Å². The summed E-state index contributed by atoms with van der Waals surface area (Å²) in [6.45, 7) is 10.9. The van der Waals surface area contributed by atoms with E-state index in [9.17, 15) is 4.79 Å². The molecule has 0 saturated heterocycles. The average Bonchev–Trinajstić information content (AvgIpc) is 2.90. The van der Waals surface area contributed by atoms with E-state index in [-0.39, 0.29) is 16.7 Å². The molecule has 0 spiro atoms. The number of rotatable bonds is 6. The second kappa shape index (κ2) is 6.85. The van der Waals surface area contributed by atoms with Gasteiger partial charge in [-0.3, -0.25) is 4.79 Å². The van der Waals surface area contributed by atoms with Crippen LogP contribution >= 0.6 is 23.1 Å². The second-order valence-electron chi connectivity index (χ2n) is 6.22. The Labute approximate surface area is 130 Å². The summed E-state index contributed by atoms with van der Waals surface area (Å²) in [6, 6.07) is 0. The van der Waals surface area contributed by atoms with Gasteiger partial charge in [0, 0.05) is 23.3 Å². The minimum atomic E-state index is -0.182. The molecule has 0 atom stereocenters. The van der Waals surface area contributed by atoms with Crippen LogP contribution in [0.3, 0.4) is 0 Å². The van der Waals surface area contributed by atoms with Crippen LogP contribution in [-0.2, 0) is 5.41 Å². The number of carbonyl (C=O) groups excluding carboxylic acids is 1. The Balaban J connectivity index is 2.81. The number of hydrogen-bond donors (Lipinski definition) is 1. The number of nitrogens with one attached hydrogen (secondary N) is 1. The van der Waals surface area contributed by atoms with E-state index in [0.717, 1.165) is 30.1 Å². The molecule has 0 saturated carbocycles. The van der Waals surface area contributed by atoms with Crippen LogP contribution in [-0.4, -0.2) is 27.9 Å². The highest BCUT2D eigenvalue weighted by atomic mass is 35.5. The lowest BCUT2D eigenvalue weighted by molar-refractivity contribution is 0.0933. The molecule has 4 nitrogen and oxygen atoms in total. The monoisotopic (exact) mass is 317 g/mol. The lowest BCUT2D eigenvalue weighted by atomic mass is 9.84. The van der Waals surface area contributed by atoms with Gasteiger partial charge in [-0.15, -0.1) is 16.7 Å². The summed E-state index contributed by atoms with van der Waals surface area (Å²) in [6.07, 6.45) is 1.89. The van der Waals surface area contributed by atoms with E-state index in [1.54, 1.807) is 0 Å². The Morgan fingerprint density at radius 2 is 1.90 bits per heavy atom. The zero-order valence-electron chi connectivity index (χ0n) is 12.9. The lowest BCUT2D eigenvalue weighted by Crippen LogP contribution is -2.38. The maximum absolute atomic E-state index is 12.3. The summed E-state index contributed by atoms with van der Waals surface area (Å²) < 4.78 is 3.92. The van der Waals surface area contributed by atoms with Gasteiger partial charge in [-0.05, 0) is 24.4 Å². The molecule has 0 fully saturated rings. The summed E-state index contributed by atoms with van der Waals surface area (Å²) in [5.74, 6) is 0.453. The molecule has 0 unspecified atom stereocenters. The van der Waals surface area contributed by atoms with Crippen LogP contribution in [0.2, 0.25) is 0 Å². The molecule has 1 rings (SSSR count). The van der Waals surface area contributed by atoms with Gasteiger partial charge in [0.1, 0.15) is 4.88 Å². The fraction of sp³-hybridized carbons (Fsp3) is 0.786. The third-order valence-corrected chi connectivity index (χ3v) is 5.10.